The van der Waals surface area contributed by atoms with Gasteiger partial charge in [-0.3, -0.25) is 14.7 Å². The number of rotatable bonds is 3. The highest BCUT2D eigenvalue weighted by Crippen LogP contribution is 2.21. The van der Waals surface area contributed by atoms with E-state index in [1.165, 1.54) is 23.1 Å². The van der Waals surface area contributed by atoms with Crippen LogP contribution in [0.1, 0.15) is 19.3 Å². The van der Waals surface area contributed by atoms with Gasteiger partial charge in [0, 0.05) is 11.9 Å². The Balaban J connectivity index is 1.71. The van der Waals surface area contributed by atoms with Gasteiger partial charge in [0.1, 0.15) is 11.9 Å². The van der Waals surface area contributed by atoms with E-state index in [1.54, 1.807) is 0 Å². The second-order valence-electron chi connectivity index (χ2n) is 5.58. The number of nitrogens with zero attached hydrogens (tertiary/aromatic N) is 2. The average Bonchev–Trinajstić information content (AvgIpc) is 2.84. The van der Waals surface area contributed by atoms with E-state index in [2.05, 4.69) is 15.5 Å². The maximum Gasteiger partial charge on any atom is 0.251 e. The van der Waals surface area contributed by atoms with Gasteiger partial charge in [0.2, 0.25) is 5.91 Å². The number of aliphatic hydroxyl groups excluding tert-OH is 1. The minimum absolute atomic E-state index is 0.167. The fourth-order valence-corrected chi connectivity index (χ4v) is 2.67. The third kappa shape index (κ3) is 3.31. The Morgan fingerprint density at radius 3 is 3.13 bits per heavy atom. The molecule has 0 radical (unpaired) electrons. The largest absolute Gasteiger partial charge is 0.383 e. The van der Waals surface area contributed by atoms with Crippen LogP contribution < -0.4 is 5.32 Å². The summed E-state index contributed by atoms with van der Waals surface area (Å²) in [5, 5.41) is 19.4. The van der Waals surface area contributed by atoms with Gasteiger partial charge >= 0.3 is 0 Å². The van der Waals surface area contributed by atoms with Crippen LogP contribution in [0.15, 0.2) is 18.2 Å². The molecule has 7 nitrogen and oxygen atoms in total. The summed E-state index contributed by atoms with van der Waals surface area (Å²) < 4.78 is 13.3. The lowest BCUT2D eigenvalue weighted by molar-refractivity contribution is -0.141. The molecular weight excluding hydrogens is 303 g/mol. The molecule has 122 valence electrons. The summed E-state index contributed by atoms with van der Waals surface area (Å²) in [6.07, 6.45) is 0.854. The monoisotopic (exact) mass is 320 g/mol. The summed E-state index contributed by atoms with van der Waals surface area (Å²) in [7, 11) is 0. The van der Waals surface area contributed by atoms with E-state index in [1.807, 2.05) is 0 Å². The second-order valence-corrected chi connectivity index (χ2v) is 5.58. The number of hydrogen-bond acceptors (Lipinski definition) is 4. The molecule has 23 heavy (non-hydrogen) atoms. The van der Waals surface area contributed by atoms with Crippen molar-refractivity contribution in [2.75, 3.05) is 18.4 Å². The Morgan fingerprint density at radius 2 is 2.30 bits per heavy atom. The van der Waals surface area contributed by atoms with Gasteiger partial charge in [0.05, 0.1) is 12.1 Å². The van der Waals surface area contributed by atoms with Crippen LogP contribution in [0.3, 0.4) is 0 Å². The summed E-state index contributed by atoms with van der Waals surface area (Å²) in [6, 6.07) is 4.10. The average molecular weight is 320 g/mol. The number of halogens is 1. The Hall–Kier alpha value is -2.48. The molecule has 0 aliphatic carbocycles. The maximum atomic E-state index is 13.3. The molecule has 2 aromatic rings. The van der Waals surface area contributed by atoms with Crippen LogP contribution in [0.25, 0.3) is 10.9 Å². The molecule has 1 aromatic heterocycles. The lowest BCUT2D eigenvalue weighted by Gasteiger charge is -2.21. The summed E-state index contributed by atoms with van der Waals surface area (Å²) in [6.45, 7) is 0.263. The molecular formula is C15H17FN4O3. The number of aromatic nitrogens is 2. The van der Waals surface area contributed by atoms with Crippen molar-refractivity contribution in [3.8, 4) is 0 Å². The third-order valence-electron chi connectivity index (χ3n) is 3.87. The molecule has 1 aliphatic rings. The lowest BCUT2D eigenvalue weighted by atomic mass is 10.2. The van der Waals surface area contributed by atoms with Crippen LogP contribution in [0, 0.1) is 5.82 Å². The van der Waals surface area contributed by atoms with E-state index in [9.17, 15) is 19.1 Å². The van der Waals surface area contributed by atoms with Crippen molar-refractivity contribution in [2.45, 2.75) is 25.4 Å². The molecule has 3 N–H and O–H groups in total. The van der Waals surface area contributed by atoms with Gasteiger partial charge in [0.15, 0.2) is 5.82 Å². The number of aromatic amines is 1. The van der Waals surface area contributed by atoms with Crippen molar-refractivity contribution in [3.05, 3.63) is 24.0 Å². The van der Waals surface area contributed by atoms with E-state index < -0.39 is 23.7 Å². The molecule has 1 atom stereocenters. The molecule has 0 bridgehead atoms. The number of fused-ring (bicyclic) bond motifs is 1. The minimum atomic E-state index is -1.05. The number of amides is 2. The van der Waals surface area contributed by atoms with Crippen LogP contribution >= 0.6 is 0 Å². The predicted molar refractivity (Wildman–Crippen MR) is 81.1 cm³/mol. The van der Waals surface area contributed by atoms with Gasteiger partial charge < -0.3 is 15.3 Å². The van der Waals surface area contributed by atoms with Gasteiger partial charge in [-0.1, -0.05) is 0 Å². The first-order valence-corrected chi connectivity index (χ1v) is 7.45. The molecule has 2 heterocycles. The van der Waals surface area contributed by atoms with E-state index in [4.69, 9.17) is 0 Å². The topological polar surface area (TPSA) is 98.3 Å². The number of carbonyl (C=O) groups excluding carboxylic acids is 2. The molecule has 1 unspecified atom stereocenters. The Labute approximate surface area is 131 Å². The zero-order chi connectivity index (χ0) is 16.4. The molecule has 8 heteroatoms. The maximum absolute atomic E-state index is 13.3. The highest BCUT2D eigenvalue weighted by Gasteiger charge is 2.26. The highest BCUT2D eigenvalue weighted by molar-refractivity contribution is 6.01. The summed E-state index contributed by atoms with van der Waals surface area (Å²) in [5.41, 5.74) is 0.600. The first kappa shape index (κ1) is 15.4. The van der Waals surface area contributed by atoms with Gasteiger partial charge in [-0.15, -0.1) is 0 Å². The predicted octanol–water partition coefficient (Wildman–Crippen LogP) is 1.01. The SMILES string of the molecule is O=C(CN1CCCCC(O)C1=O)Nc1n[nH]c2ccc(F)cc12. The zero-order valence-corrected chi connectivity index (χ0v) is 12.4. The lowest BCUT2D eigenvalue weighted by Crippen LogP contribution is -2.42. The van der Waals surface area contributed by atoms with Gasteiger partial charge in [0.25, 0.3) is 5.91 Å². The van der Waals surface area contributed by atoms with E-state index in [0.29, 0.717) is 23.9 Å². The quantitative estimate of drug-likeness (QED) is 0.786. The summed E-state index contributed by atoms with van der Waals surface area (Å²) in [5.74, 6) is -1.09. The van der Waals surface area contributed by atoms with E-state index in [0.717, 1.165) is 12.8 Å². The first-order chi connectivity index (χ1) is 11.0. The van der Waals surface area contributed by atoms with Crippen molar-refractivity contribution in [2.24, 2.45) is 0 Å². The van der Waals surface area contributed by atoms with Crippen LogP contribution in [-0.4, -0.2) is 51.2 Å². The minimum Gasteiger partial charge on any atom is -0.383 e. The zero-order valence-electron chi connectivity index (χ0n) is 12.4. The molecule has 1 saturated heterocycles. The van der Waals surface area contributed by atoms with E-state index >= 15 is 0 Å². The number of benzene rings is 1. The molecule has 1 aromatic carbocycles. The van der Waals surface area contributed by atoms with Crippen molar-refractivity contribution >= 4 is 28.5 Å². The van der Waals surface area contributed by atoms with Crippen molar-refractivity contribution in [1.82, 2.24) is 15.1 Å². The number of likely N-dealkylation sites (tertiary alicyclic amines) is 1. The van der Waals surface area contributed by atoms with Crippen LogP contribution in [0.4, 0.5) is 10.2 Å². The Kier molecular flexibility index (Phi) is 4.24. The highest BCUT2D eigenvalue weighted by atomic mass is 19.1. The number of aliphatic hydroxyl groups is 1. The molecule has 1 fully saturated rings. The number of carbonyl (C=O) groups is 2. The molecule has 0 saturated carbocycles. The molecule has 0 spiro atoms. The fourth-order valence-electron chi connectivity index (χ4n) is 2.67. The van der Waals surface area contributed by atoms with Crippen LogP contribution in [0.2, 0.25) is 0 Å². The Bertz CT molecular complexity index is 745. The van der Waals surface area contributed by atoms with E-state index in [-0.39, 0.29) is 12.4 Å². The van der Waals surface area contributed by atoms with Crippen molar-refractivity contribution in [3.63, 3.8) is 0 Å². The fraction of sp³-hybridized carbons (Fsp3) is 0.400. The first-order valence-electron chi connectivity index (χ1n) is 7.45. The number of anilines is 1. The number of hydrogen-bond donors (Lipinski definition) is 3. The molecule has 2 amide bonds. The number of nitrogens with one attached hydrogen (secondary N) is 2. The smallest absolute Gasteiger partial charge is 0.251 e. The van der Waals surface area contributed by atoms with Crippen molar-refractivity contribution < 1.29 is 19.1 Å². The Morgan fingerprint density at radius 1 is 1.48 bits per heavy atom. The standard InChI is InChI=1S/C15H17FN4O3/c16-9-4-5-11-10(7-9)14(19-18-11)17-13(22)8-20-6-2-1-3-12(21)15(20)23/h4-5,7,12,21H,1-3,6,8H2,(H2,17,18,19,22). The summed E-state index contributed by atoms with van der Waals surface area (Å²) >= 11 is 0. The van der Waals surface area contributed by atoms with Gasteiger partial charge in [-0.05, 0) is 37.5 Å². The molecule has 1 aliphatic heterocycles. The van der Waals surface area contributed by atoms with Gasteiger partial charge in [-0.25, -0.2) is 4.39 Å². The normalized spacial score (nSPS) is 19.0. The second kappa shape index (κ2) is 6.33. The van der Waals surface area contributed by atoms with Crippen molar-refractivity contribution in [1.29, 1.82) is 0 Å². The summed E-state index contributed by atoms with van der Waals surface area (Å²) in [4.78, 5) is 25.4. The van der Waals surface area contributed by atoms with Crippen LogP contribution in [-0.2, 0) is 9.59 Å². The number of H-pyrrole nitrogens is 1. The molecule has 3 rings (SSSR count). The third-order valence-corrected chi connectivity index (χ3v) is 3.87. The van der Waals surface area contributed by atoms with Gasteiger partial charge in [-0.2, -0.15) is 5.10 Å². The van der Waals surface area contributed by atoms with Crippen LogP contribution in [0.5, 0.6) is 0 Å².